The number of benzene rings is 5. The Morgan fingerprint density at radius 1 is 0.788 bits per heavy atom. The number of hydrogen-bond donors (Lipinski definition) is 2. The van der Waals surface area contributed by atoms with Gasteiger partial charge in [0.1, 0.15) is 12.4 Å². The molecule has 1 unspecified atom stereocenters. The van der Waals surface area contributed by atoms with Crippen LogP contribution in [-0.2, 0) is 30.4 Å². The highest BCUT2D eigenvalue weighted by Crippen LogP contribution is 2.31. The number of amides is 1. The molecule has 0 aliphatic rings. The number of methoxy groups -OCH3 is 1. The maximum atomic E-state index is 13.0. The summed E-state index contributed by atoms with van der Waals surface area (Å²) in [7, 11) is 1.29. The van der Waals surface area contributed by atoms with Crippen LogP contribution in [0.2, 0.25) is 0 Å². The van der Waals surface area contributed by atoms with Gasteiger partial charge < -0.3 is 14.6 Å². The molecule has 0 saturated heterocycles. The van der Waals surface area contributed by atoms with E-state index in [2.05, 4.69) is 22.7 Å². The molecule has 0 spiro atoms. The first kappa shape index (κ1) is 37.2. The van der Waals surface area contributed by atoms with Crippen molar-refractivity contribution in [2.45, 2.75) is 32.0 Å². The minimum Gasteiger partial charge on any atom is -0.488 e. The molecular weight excluding hydrogens is 667 g/mol. The number of aryl methyl sites for hydroxylation is 1. The molecule has 0 bridgehead atoms. The molecule has 52 heavy (non-hydrogen) atoms. The molecule has 9 heteroatoms. The Kier molecular flexibility index (Phi) is 12.3. The van der Waals surface area contributed by atoms with Gasteiger partial charge in [-0.2, -0.15) is 13.2 Å². The number of alkyl carbamates (subject to hydrolysis) is 1. The normalized spacial score (nSPS) is 11.9. The van der Waals surface area contributed by atoms with E-state index in [-0.39, 0.29) is 11.5 Å². The van der Waals surface area contributed by atoms with Crippen LogP contribution in [0.1, 0.15) is 50.2 Å². The van der Waals surface area contributed by atoms with E-state index in [1.54, 1.807) is 12.1 Å². The number of halogens is 3. The fourth-order valence-corrected chi connectivity index (χ4v) is 5.62. The van der Waals surface area contributed by atoms with Crippen LogP contribution >= 0.6 is 0 Å². The van der Waals surface area contributed by atoms with Gasteiger partial charge >= 0.3 is 18.2 Å². The van der Waals surface area contributed by atoms with Gasteiger partial charge in [-0.25, -0.2) is 9.59 Å². The van der Waals surface area contributed by atoms with Crippen molar-refractivity contribution >= 4 is 23.8 Å². The van der Waals surface area contributed by atoms with Crippen LogP contribution in [0, 0.1) is 5.92 Å². The van der Waals surface area contributed by atoms with Crippen LogP contribution in [-0.4, -0.2) is 24.3 Å². The number of allylic oxidation sites excluding steroid dienone is 1. The third kappa shape index (κ3) is 10.5. The number of ether oxygens (including phenoxy) is 2. The lowest BCUT2D eigenvalue weighted by atomic mass is 9.91. The third-order valence-electron chi connectivity index (χ3n) is 8.60. The minimum absolute atomic E-state index is 0.108. The number of rotatable bonds is 14. The molecule has 0 radical (unpaired) electrons. The van der Waals surface area contributed by atoms with Gasteiger partial charge in [0.25, 0.3) is 0 Å². The predicted molar refractivity (Wildman–Crippen MR) is 197 cm³/mol. The third-order valence-corrected chi connectivity index (χ3v) is 8.60. The molecule has 0 heterocycles. The van der Waals surface area contributed by atoms with Crippen LogP contribution in [0.15, 0.2) is 134 Å². The molecule has 0 aliphatic carbocycles. The molecule has 1 atom stereocenters. The van der Waals surface area contributed by atoms with Gasteiger partial charge in [-0.3, -0.25) is 5.32 Å². The molecule has 266 valence electrons. The average molecular weight is 706 g/mol. The molecule has 5 aromatic carbocycles. The van der Waals surface area contributed by atoms with E-state index in [0.29, 0.717) is 30.0 Å². The van der Waals surface area contributed by atoms with Crippen molar-refractivity contribution in [3.05, 3.63) is 173 Å². The van der Waals surface area contributed by atoms with E-state index in [1.165, 1.54) is 19.2 Å². The number of carbonyl (C=O) groups excluding carboxylic acids is 1. The SMILES string of the molecule is C=C(NC(=O)OC)c1ccc(CCC(/C=C\c2ccccc2OCc2ccc(-c3ccc(C(F)(F)F)cc3)cc2)Cc2ccc(C(=O)O)cc2)cc1. The van der Waals surface area contributed by atoms with Gasteiger partial charge in [-0.05, 0) is 88.9 Å². The summed E-state index contributed by atoms with van der Waals surface area (Å²) in [6, 6.07) is 35.1. The largest absolute Gasteiger partial charge is 0.488 e. The van der Waals surface area contributed by atoms with Crippen LogP contribution in [0.25, 0.3) is 22.9 Å². The Morgan fingerprint density at radius 2 is 1.37 bits per heavy atom. The van der Waals surface area contributed by atoms with E-state index >= 15 is 0 Å². The van der Waals surface area contributed by atoms with E-state index in [4.69, 9.17) is 4.74 Å². The van der Waals surface area contributed by atoms with Crippen molar-refractivity contribution in [3.63, 3.8) is 0 Å². The van der Waals surface area contributed by atoms with Gasteiger partial charge in [0.2, 0.25) is 0 Å². The monoisotopic (exact) mass is 705 g/mol. The maximum absolute atomic E-state index is 13.0. The van der Waals surface area contributed by atoms with Gasteiger partial charge in [0.05, 0.1) is 18.2 Å². The molecule has 6 nitrogen and oxygen atoms in total. The van der Waals surface area contributed by atoms with Gasteiger partial charge in [0.15, 0.2) is 0 Å². The van der Waals surface area contributed by atoms with Crippen LogP contribution < -0.4 is 10.1 Å². The van der Waals surface area contributed by atoms with E-state index in [9.17, 15) is 27.9 Å². The summed E-state index contributed by atoms with van der Waals surface area (Å²) < 4.78 is 49.7. The number of alkyl halides is 3. The molecule has 1 amide bonds. The van der Waals surface area contributed by atoms with Gasteiger partial charge in [-0.15, -0.1) is 0 Å². The molecule has 5 rings (SSSR count). The number of carboxylic acids is 1. The second-order valence-corrected chi connectivity index (χ2v) is 12.3. The fraction of sp³-hybridized carbons (Fsp3) is 0.163. The van der Waals surface area contributed by atoms with Crippen molar-refractivity contribution in [2.24, 2.45) is 5.92 Å². The average Bonchev–Trinajstić information content (AvgIpc) is 3.15. The molecular formula is C43H38F3NO5. The van der Waals surface area contributed by atoms with Crippen LogP contribution in [0.5, 0.6) is 5.75 Å². The van der Waals surface area contributed by atoms with Crippen molar-refractivity contribution in [1.29, 1.82) is 0 Å². The Bertz CT molecular complexity index is 2000. The predicted octanol–water partition coefficient (Wildman–Crippen LogP) is 10.5. The summed E-state index contributed by atoms with van der Waals surface area (Å²) in [6.45, 7) is 4.20. The second-order valence-electron chi connectivity index (χ2n) is 12.3. The molecule has 0 fully saturated rings. The highest BCUT2D eigenvalue weighted by molar-refractivity contribution is 5.87. The minimum atomic E-state index is -4.38. The zero-order valence-electron chi connectivity index (χ0n) is 28.5. The smallest absolute Gasteiger partial charge is 0.416 e. The Hall–Kier alpha value is -6.09. The number of para-hydroxylation sites is 1. The Labute approximate surface area is 300 Å². The molecule has 0 aromatic heterocycles. The second kappa shape index (κ2) is 17.2. The summed E-state index contributed by atoms with van der Waals surface area (Å²) in [4.78, 5) is 22.9. The highest BCUT2D eigenvalue weighted by Gasteiger charge is 2.30. The highest BCUT2D eigenvalue weighted by atomic mass is 19.4. The number of carboxylic acid groups (broad SMARTS) is 1. The van der Waals surface area contributed by atoms with Crippen LogP contribution in [0.4, 0.5) is 18.0 Å². The number of hydrogen-bond acceptors (Lipinski definition) is 4. The van der Waals surface area contributed by atoms with Gasteiger partial charge in [0, 0.05) is 11.3 Å². The van der Waals surface area contributed by atoms with Crippen molar-refractivity contribution in [1.82, 2.24) is 5.32 Å². The van der Waals surface area contributed by atoms with Crippen molar-refractivity contribution < 1.29 is 37.3 Å². The molecule has 5 aromatic rings. The molecule has 0 aliphatic heterocycles. The zero-order chi connectivity index (χ0) is 37.1. The number of aromatic carboxylic acids is 1. The summed E-state index contributed by atoms with van der Waals surface area (Å²) in [5.41, 5.74) is 6.21. The summed E-state index contributed by atoms with van der Waals surface area (Å²) in [5.74, 6) is -0.161. The standard InChI is InChI=1S/C43H38F3NO5/c1-29(47-42(50)51-2)34-16-9-30(10-17-34)7-8-31(27-32-12-21-38(22-13-32)41(48)49)11-20-37-5-3-4-6-40(37)52-28-33-14-18-35(19-15-33)36-23-25-39(26-24-36)43(44,45)46/h3-6,9-26,31H,1,7-8,27-28H2,2H3,(H,47,50)(H,48,49)/b20-11-. The van der Waals surface area contributed by atoms with Crippen molar-refractivity contribution in [2.75, 3.05) is 7.11 Å². The lowest BCUT2D eigenvalue weighted by molar-refractivity contribution is -0.137. The Balaban J connectivity index is 1.26. The topological polar surface area (TPSA) is 84.9 Å². The summed E-state index contributed by atoms with van der Waals surface area (Å²) >= 11 is 0. The first-order valence-electron chi connectivity index (χ1n) is 16.6. The fourth-order valence-electron chi connectivity index (χ4n) is 5.62. The van der Waals surface area contributed by atoms with E-state index < -0.39 is 23.8 Å². The first-order valence-corrected chi connectivity index (χ1v) is 16.6. The number of carbonyl (C=O) groups is 2. The van der Waals surface area contributed by atoms with Gasteiger partial charge in [-0.1, -0.05) is 110 Å². The summed E-state index contributed by atoms with van der Waals surface area (Å²) in [6.07, 6.45) is 1.53. The first-order chi connectivity index (χ1) is 25.0. The number of nitrogens with one attached hydrogen (secondary N) is 1. The summed E-state index contributed by atoms with van der Waals surface area (Å²) in [5, 5.41) is 11.9. The zero-order valence-corrected chi connectivity index (χ0v) is 28.5. The maximum Gasteiger partial charge on any atom is 0.416 e. The quantitative estimate of drug-likeness (QED) is 0.120. The Morgan fingerprint density at radius 3 is 1.98 bits per heavy atom. The van der Waals surface area contributed by atoms with E-state index in [1.807, 2.05) is 91.0 Å². The lowest BCUT2D eigenvalue weighted by Gasteiger charge is -2.15. The molecule has 0 saturated carbocycles. The molecule has 2 N–H and O–H groups in total. The van der Waals surface area contributed by atoms with E-state index in [0.717, 1.165) is 58.4 Å². The lowest BCUT2D eigenvalue weighted by Crippen LogP contribution is -2.20. The van der Waals surface area contributed by atoms with Crippen LogP contribution in [0.3, 0.4) is 0 Å². The van der Waals surface area contributed by atoms with Crippen molar-refractivity contribution in [3.8, 4) is 16.9 Å².